The zero-order valence-corrected chi connectivity index (χ0v) is 17.0. The molecule has 0 aliphatic carbocycles. The molecule has 9 heteroatoms. The molecule has 0 unspecified atom stereocenters. The molecule has 1 aromatic carbocycles. The third-order valence-electron chi connectivity index (χ3n) is 3.80. The van der Waals surface area contributed by atoms with Crippen molar-refractivity contribution in [1.29, 1.82) is 0 Å². The van der Waals surface area contributed by atoms with Crippen LogP contribution in [0.4, 0.5) is 24.5 Å². The molecule has 0 saturated carbocycles. The minimum absolute atomic E-state index is 0.0195. The van der Waals surface area contributed by atoms with Crippen molar-refractivity contribution in [2.75, 3.05) is 12.4 Å². The molecule has 0 spiro atoms. The number of hydrogen-bond donors (Lipinski definition) is 1. The quantitative estimate of drug-likeness (QED) is 0.644. The van der Waals surface area contributed by atoms with Gasteiger partial charge in [0.05, 0.1) is 11.6 Å². The molecule has 4 nitrogen and oxygen atoms in total. The molecule has 1 N–H and O–H groups in total. The Morgan fingerprint density at radius 3 is 2.24 bits per heavy atom. The number of nitrogens with zero attached hydrogens (tertiary/aromatic N) is 1. The number of aromatic nitrogens is 1. The molecule has 2 aromatic rings. The van der Waals surface area contributed by atoms with Crippen LogP contribution in [-0.2, 0) is 13.2 Å². The topological polar surface area (TPSA) is 43.3 Å². The van der Waals surface area contributed by atoms with Gasteiger partial charge in [-0.2, -0.15) is 13.2 Å². The Morgan fingerprint density at radius 1 is 1.12 bits per heavy atom. The van der Waals surface area contributed by atoms with Crippen LogP contribution in [-0.4, -0.2) is 11.7 Å². The second kappa shape index (κ2) is 7.03. The fourth-order valence-electron chi connectivity index (χ4n) is 2.54. The summed E-state index contributed by atoms with van der Waals surface area (Å²) in [7, 11) is 2.60. The van der Waals surface area contributed by atoms with Gasteiger partial charge in [0.25, 0.3) is 5.56 Å². The van der Waals surface area contributed by atoms with Gasteiger partial charge < -0.3 is 14.6 Å². The lowest BCUT2D eigenvalue weighted by Crippen LogP contribution is -2.27. The third kappa shape index (κ3) is 3.72. The van der Waals surface area contributed by atoms with E-state index in [-0.39, 0.29) is 10.2 Å². The summed E-state index contributed by atoms with van der Waals surface area (Å²) in [6.07, 6.45) is -4.62. The van der Waals surface area contributed by atoms with Crippen LogP contribution in [0.1, 0.15) is 16.8 Å². The minimum atomic E-state index is -4.62. The number of nitrogens with one attached hydrogen (secondary N) is 1. The number of ether oxygens (including phenoxy) is 1. The standard InChI is InChI=1S/C16H15Br2F3N2O2/c1-7-5-10(18)14(25-4)8(2)12(7)22-13-9(17)6-11(16(19,20)21)23(3)15(13)24/h5-6,22H,1-4H3. The van der Waals surface area contributed by atoms with Crippen molar-refractivity contribution in [3.63, 3.8) is 0 Å². The molecule has 0 radical (unpaired) electrons. The number of alkyl halides is 3. The first-order valence-corrected chi connectivity index (χ1v) is 8.65. The van der Waals surface area contributed by atoms with Crippen LogP contribution in [0.15, 0.2) is 25.9 Å². The second-order valence-corrected chi connectivity index (χ2v) is 7.16. The number of aryl methyl sites for hydroxylation is 1. The lowest BCUT2D eigenvalue weighted by molar-refractivity contribution is -0.143. The number of halogens is 5. The van der Waals surface area contributed by atoms with Gasteiger partial charge in [-0.05, 0) is 63.4 Å². The summed E-state index contributed by atoms with van der Waals surface area (Å²) in [5.74, 6) is 0.577. The summed E-state index contributed by atoms with van der Waals surface area (Å²) < 4.78 is 45.7. The number of methoxy groups -OCH3 is 1. The molecule has 1 aromatic heterocycles. The normalized spacial score (nSPS) is 11.6. The second-order valence-electron chi connectivity index (χ2n) is 5.45. The number of rotatable bonds is 3. The van der Waals surface area contributed by atoms with Crippen molar-refractivity contribution in [1.82, 2.24) is 4.57 Å². The number of pyridine rings is 1. The van der Waals surface area contributed by atoms with Crippen LogP contribution in [0, 0.1) is 13.8 Å². The number of hydrogen-bond acceptors (Lipinski definition) is 3. The van der Waals surface area contributed by atoms with Gasteiger partial charge in [-0.25, -0.2) is 0 Å². The van der Waals surface area contributed by atoms with Gasteiger partial charge in [-0.3, -0.25) is 4.79 Å². The summed E-state index contributed by atoms with van der Waals surface area (Å²) in [5.41, 5.74) is 0.324. The molecule has 0 bridgehead atoms. The van der Waals surface area contributed by atoms with E-state index in [1.165, 1.54) is 7.11 Å². The molecule has 0 saturated heterocycles. The molecule has 0 aliphatic rings. The van der Waals surface area contributed by atoms with Gasteiger partial charge in [-0.1, -0.05) is 0 Å². The van der Waals surface area contributed by atoms with E-state index in [4.69, 9.17) is 4.74 Å². The number of anilines is 2. The van der Waals surface area contributed by atoms with Gasteiger partial charge in [0, 0.05) is 22.8 Å². The van der Waals surface area contributed by atoms with Crippen LogP contribution in [0.5, 0.6) is 5.75 Å². The van der Waals surface area contributed by atoms with Gasteiger partial charge in [-0.15, -0.1) is 0 Å². The minimum Gasteiger partial charge on any atom is -0.495 e. The summed E-state index contributed by atoms with van der Waals surface area (Å²) in [6, 6.07) is 2.68. The predicted molar refractivity (Wildman–Crippen MR) is 97.8 cm³/mol. The molecule has 2 rings (SSSR count). The lowest BCUT2D eigenvalue weighted by Gasteiger charge is -2.19. The van der Waals surface area contributed by atoms with E-state index < -0.39 is 17.4 Å². The van der Waals surface area contributed by atoms with Crippen LogP contribution in [0.2, 0.25) is 0 Å². The van der Waals surface area contributed by atoms with Crippen LogP contribution in [0.25, 0.3) is 0 Å². The molecule has 0 aliphatic heterocycles. The monoisotopic (exact) mass is 482 g/mol. The van der Waals surface area contributed by atoms with E-state index >= 15 is 0 Å². The van der Waals surface area contributed by atoms with Crippen molar-refractivity contribution in [2.24, 2.45) is 7.05 Å². The summed E-state index contributed by atoms with van der Waals surface area (Å²) in [6.45, 7) is 3.61. The molecule has 0 atom stereocenters. The van der Waals surface area contributed by atoms with E-state index in [1.807, 2.05) is 6.92 Å². The molecular weight excluding hydrogens is 469 g/mol. The maximum Gasteiger partial charge on any atom is 0.431 e. The van der Waals surface area contributed by atoms with Crippen molar-refractivity contribution in [2.45, 2.75) is 20.0 Å². The Kier molecular flexibility index (Phi) is 5.58. The molecule has 25 heavy (non-hydrogen) atoms. The average molecular weight is 484 g/mol. The third-order valence-corrected chi connectivity index (χ3v) is 5.01. The summed E-state index contributed by atoms with van der Waals surface area (Å²) in [5, 5.41) is 2.95. The smallest absolute Gasteiger partial charge is 0.431 e. The van der Waals surface area contributed by atoms with E-state index in [9.17, 15) is 18.0 Å². The average Bonchev–Trinajstić information content (AvgIpc) is 2.49. The van der Waals surface area contributed by atoms with E-state index in [2.05, 4.69) is 37.2 Å². The fraction of sp³-hybridized carbons (Fsp3) is 0.312. The van der Waals surface area contributed by atoms with Gasteiger partial charge in [0.2, 0.25) is 0 Å². The predicted octanol–water partition coefficient (Wildman–Crippen LogP) is 5.30. The Morgan fingerprint density at radius 2 is 1.72 bits per heavy atom. The SMILES string of the molecule is COc1c(Br)cc(C)c(Nc2c(Br)cc(C(F)(F)F)n(C)c2=O)c1C. The van der Waals surface area contributed by atoms with E-state index in [0.29, 0.717) is 16.0 Å². The molecule has 0 amide bonds. The lowest BCUT2D eigenvalue weighted by atomic mass is 10.1. The van der Waals surface area contributed by atoms with Crippen LogP contribution < -0.4 is 15.6 Å². The Bertz CT molecular complexity index is 893. The van der Waals surface area contributed by atoms with Crippen LogP contribution in [0.3, 0.4) is 0 Å². The zero-order valence-electron chi connectivity index (χ0n) is 13.8. The Labute approximate surface area is 159 Å². The first kappa shape index (κ1) is 19.8. The highest BCUT2D eigenvalue weighted by atomic mass is 79.9. The molecule has 1 heterocycles. The van der Waals surface area contributed by atoms with Crippen molar-refractivity contribution in [3.05, 3.63) is 48.3 Å². The first-order chi connectivity index (χ1) is 11.5. The van der Waals surface area contributed by atoms with Gasteiger partial charge in [0.1, 0.15) is 17.1 Å². The maximum atomic E-state index is 13.0. The van der Waals surface area contributed by atoms with Gasteiger partial charge in [0.15, 0.2) is 0 Å². The summed E-state index contributed by atoms with van der Waals surface area (Å²) >= 11 is 6.46. The fourth-order valence-corrected chi connectivity index (χ4v) is 3.83. The molecule has 136 valence electrons. The Balaban J connectivity index is 2.64. The van der Waals surface area contributed by atoms with E-state index in [0.717, 1.165) is 28.7 Å². The Hall–Kier alpha value is -1.48. The maximum absolute atomic E-state index is 13.0. The number of benzene rings is 1. The zero-order chi connectivity index (χ0) is 19.1. The first-order valence-electron chi connectivity index (χ1n) is 7.06. The highest BCUT2D eigenvalue weighted by Crippen LogP contribution is 2.39. The van der Waals surface area contributed by atoms with Gasteiger partial charge >= 0.3 is 6.18 Å². The highest BCUT2D eigenvalue weighted by Gasteiger charge is 2.35. The largest absolute Gasteiger partial charge is 0.495 e. The van der Waals surface area contributed by atoms with Crippen LogP contribution >= 0.6 is 31.9 Å². The van der Waals surface area contributed by atoms with Crippen molar-refractivity contribution >= 4 is 43.2 Å². The van der Waals surface area contributed by atoms with Crippen molar-refractivity contribution in [3.8, 4) is 5.75 Å². The summed E-state index contributed by atoms with van der Waals surface area (Å²) in [4.78, 5) is 12.4. The highest BCUT2D eigenvalue weighted by molar-refractivity contribution is 9.11. The molecular formula is C16H15Br2F3N2O2. The van der Waals surface area contributed by atoms with Crippen molar-refractivity contribution < 1.29 is 17.9 Å². The van der Waals surface area contributed by atoms with E-state index in [1.54, 1.807) is 13.0 Å². The molecule has 0 fully saturated rings.